The molecule has 3 rings (SSSR count). The number of nitrogens with one attached hydrogen (secondary N) is 1. The summed E-state index contributed by atoms with van der Waals surface area (Å²) in [5.41, 5.74) is 1.85. The number of ether oxygens (including phenoxy) is 1. The van der Waals surface area contributed by atoms with Gasteiger partial charge >= 0.3 is 5.97 Å². The number of halogens is 2. The van der Waals surface area contributed by atoms with E-state index in [4.69, 9.17) is 16.3 Å². The predicted octanol–water partition coefficient (Wildman–Crippen LogP) is 4.92. The highest BCUT2D eigenvalue weighted by Crippen LogP contribution is 2.37. The van der Waals surface area contributed by atoms with Crippen LogP contribution in [0.3, 0.4) is 0 Å². The van der Waals surface area contributed by atoms with Crippen LogP contribution in [0.15, 0.2) is 40.3 Å². The second kappa shape index (κ2) is 7.45. The molecule has 2 aromatic heterocycles. The molecule has 2 heterocycles. The fourth-order valence-electron chi connectivity index (χ4n) is 2.52. The van der Waals surface area contributed by atoms with Crippen molar-refractivity contribution in [1.29, 1.82) is 0 Å². The smallest absolute Gasteiger partial charge is 0.311 e. The third-order valence-corrected chi connectivity index (χ3v) is 5.07. The van der Waals surface area contributed by atoms with E-state index in [2.05, 4.69) is 9.97 Å². The van der Waals surface area contributed by atoms with E-state index in [1.54, 1.807) is 25.1 Å². The van der Waals surface area contributed by atoms with Gasteiger partial charge in [0.2, 0.25) is 0 Å². The summed E-state index contributed by atoms with van der Waals surface area (Å²) in [6.07, 6.45) is 0.124. The van der Waals surface area contributed by atoms with E-state index in [9.17, 15) is 9.18 Å². The van der Waals surface area contributed by atoms with Gasteiger partial charge in [0.25, 0.3) is 0 Å². The number of pyridine rings is 1. The van der Waals surface area contributed by atoms with Crippen LogP contribution in [0.1, 0.15) is 18.3 Å². The fraction of sp³-hybridized carbons (Fsp3) is 0.222. The molecule has 0 saturated carbocycles. The van der Waals surface area contributed by atoms with Crippen molar-refractivity contribution in [3.8, 4) is 0 Å². The second-order valence-corrected chi connectivity index (χ2v) is 6.85. The van der Waals surface area contributed by atoms with E-state index in [0.717, 1.165) is 21.0 Å². The Hall–Kier alpha value is -2.05. The Labute approximate surface area is 153 Å². The maximum Gasteiger partial charge on any atom is 0.311 e. The lowest BCUT2D eigenvalue weighted by Gasteiger charge is -2.05. The van der Waals surface area contributed by atoms with Crippen molar-refractivity contribution in [3.63, 3.8) is 0 Å². The summed E-state index contributed by atoms with van der Waals surface area (Å²) in [5.74, 6) is -0.768. The maximum absolute atomic E-state index is 14.2. The van der Waals surface area contributed by atoms with E-state index in [-0.39, 0.29) is 17.4 Å². The van der Waals surface area contributed by atoms with Gasteiger partial charge < -0.3 is 9.72 Å². The molecule has 130 valence electrons. The lowest BCUT2D eigenvalue weighted by atomic mass is 10.2. The van der Waals surface area contributed by atoms with Crippen molar-refractivity contribution in [2.75, 3.05) is 6.61 Å². The highest BCUT2D eigenvalue weighted by Gasteiger charge is 2.16. The van der Waals surface area contributed by atoms with Gasteiger partial charge in [-0.1, -0.05) is 29.4 Å². The van der Waals surface area contributed by atoms with Crippen LogP contribution in [0.4, 0.5) is 4.39 Å². The largest absolute Gasteiger partial charge is 0.466 e. The van der Waals surface area contributed by atoms with Crippen LogP contribution in [0.25, 0.3) is 10.9 Å². The quantitative estimate of drug-likeness (QED) is 0.640. The third-order valence-electron chi connectivity index (χ3n) is 3.61. The van der Waals surface area contributed by atoms with Gasteiger partial charge in [-0.2, -0.15) is 0 Å². The molecule has 0 atom stereocenters. The topological polar surface area (TPSA) is 55.0 Å². The van der Waals surface area contributed by atoms with Crippen LogP contribution < -0.4 is 0 Å². The lowest BCUT2D eigenvalue weighted by molar-refractivity contribution is -0.142. The molecule has 0 fully saturated rings. The van der Waals surface area contributed by atoms with Crippen LogP contribution in [-0.2, 0) is 16.0 Å². The van der Waals surface area contributed by atoms with E-state index in [1.165, 1.54) is 11.8 Å². The zero-order chi connectivity index (χ0) is 18.0. The van der Waals surface area contributed by atoms with Crippen molar-refractivity contribution < 1.29 is 13.9 Å². The van der Waals surface area contributed by atoms with E-state index in [1.807, 2.05) is 19.1 Å². The Morgan fingerprint density at radius 3 is 2.92 bits per heavy atom. The van der Waals surface area contributed by atoms with E-state index < -0.39 is 5.82 Å². The molecule has 0 bridgehead atoms. The summed E-state index contributed by atoms with van der Waals surface area (Å²) in [7, 11) is 0. The molecule has 7 heteroatoms. The molecular weight excluding hydrogens is 363 g/mol. The molecule has 0 aliphatic rings. The summed E-state index contributed by atoms with van der Waals surface area (Å²) < 4.78 is 19.1. The van der Waals surface area contributed by atoms with E-state index in [0.29, 0.717) is 17.8 Å². The number of rotatable bonds is 5. The highest BCUT2D eigenvalue weighted by molar-refractivity contribution is 7.99. The minimum absolute atomic E-state index is 0.0832. The number of H-pyrrole nitrogens is 1. The standard InChI is InChI=1S/C18H16ClFN2O2S/c1-3-24-15(23)9-11-5-4-6-14(22-11)25-18-10(2)21-17-12(18)7-8-13(19)16(17)20/h4-8,21H,3,9H2,1-2H3. The summed E-state index contributed by atoms with van der Waals surface area (Å²) in [6, 6.07) is 8.80. The molecule has 4 nitrogen and oxygen atoms in total. The molecule has 25 heavy (non-hydrogen) atoms. The molecule has 0 radical (unpaired) electrons. The average Bonchev–Trinajstić information content (AvgIpc) is 2.88. The summed E-state index contributed by atoms with van der Waals surface area (Å²) in [4.78, 5) is 20.0. The molecule has 0 spiro atoms. The van der Waals surface area contributed by atoms with Gasteiger partial charge in [0.05, 0.1) is 29.3 Å². The van der Waals surface area contributed by atoms with Gasteiger partial charge in [-0.15, -0.1) is 0 Å². The van der Waals surface area contributed by atoms with Crippen molar-refractivity contribution in [2.45, 2.75) is 30.2 Å². The SMILES string of the molecule is CCOC(=O)Cc1cccc(Sc2c(C)[nH]c3c(F)c(Cl)ccc23)n1. The average molecular weight is 379 g/mol. The van der Waals surface area contributed by atoms with Crippen LogP contribution in [-0.4, -0.2) is 22.5 Å². The third kappa shape index (κ3) is 3.80. The summed E-state index contributed by atoms with van der Waals surface area (Å²) in [5, 5.41) is 1.56. The normalized spacial score (nSPS) is 11.0. The number of benzene rings is 1. The summed E-state index contributed by atoms with van der Waals surface area (Å²) in [6.45, 7) is 3.98. The van der Waals surface area contributed by atoms with Crippen LogP contribution in [0.5, 0.6) is 0 Å². The van der Waals surface area contributed by atoms with Gasteiger partial charge in [0, 0.05) is 16.0 Å². The first-order valence-electron chi connectivity index (χ1n) is 7.75. The molecule has 1 N–H and O–H groups in total. The monoisotopic (exact) mass is 378 g/mol. The number of hydrogen-bond donors (Lipinski definition) is 1. The molecule has 3 aromatic rings. The number of aromatic nitrogens is 2. The Morgan fingerprint density at radius 1 is 1.36 bits per heavy atom. The van der Waals surface area contributed by atoms with Gasteiger partial charge in [0.15, 0.2) is 5.82 Å². The lowest BCUT2D eigenvalue weighted by Crippen LogP contribution is -2.08. The molecular formula is C18H16ClFN2O2S. The van der Waals surface area contributed by atoms with Crippen molar-refractivity contribution in [1.82, 2.24) is 9.97 Å². The highest BCUT2D eigenvalue weighted by atomic mass is 35.5. The Morgan fingerprint density at radius 2 is 2.16 bits per heavy atom. The minimum atomic E-state index is -0.460. The number of carbonyl (C=O) groups is 1. The Bertz CT molecular complexity index is 942. The van der Waals surface area contributed by atoms with Crippen molar-refractivity contribution in [2.24, 2.45) is 0 Å². The van der Waals surface area contributed by atoms with E-state index >= 15 is 0 Å². The van der Waals surface area contributed by atoms with Crippen LogP contribution in [0.2, 0.25) is 5.02 Å². The molecule has 0 aliphatic carbocycles. The number of hydrogen-bond acceptors (Lipinski definition) is 4. The molecule has 0 aliphatic heterocycles. The number of esters is 1. The number of carbonyl (C=O) groups excluding carboxylic acids is 1. The molecule has 0 unspecified atom stereocenters. The summed E-state index contributed by atoms with van der Waals surface area (Å²) >= 11 is 7.26. The number of aryl methyl sites for hydroxylation is 1. The molecule has 1 aromatic carbocycles. The van der Waals surface area contributed by atoms with Gasteiger partial charge in [-0.25, -0.2) is 9.37 Å². The predicted molar refractivity (Wildman–Crippen MR) is 96.7 cm³/mol. The molecule has 0 amide bonds. The van der Waals surface area contributed by atoms with Gasteiger partial charge in [-0.05, 0) is 38.1 Å². The zero-order valence-corrected chi connectivity index (χ0v) is 15.3. The minimum Gasteiger partial charge on any atom is -0.466 e. The van der Waals surface area contributed by atoms with Crippen LogP contribution >= 0.6 is 23.4 Å². The first-order chi connectivity index (χ1) is 12.0. The maximum atomic E-state index is 14.2. The first kappa shape index (κ1) is 17.8. The fourth-order valence-corrected chi connectivity index (χ4v) is 3.68. The number of fused-ring (bicyclic) bond motifs is 1. The van der Waals surface area contributed by atoms with Gasteiger partial charge in [0.1, 0.15) is 5.03 Å². The van der Waals surface area contributed by atoms with Crippen molar-refractivity contribution >= 4 is 40.2 Å². The first-order valence-corrected chi connectivity index (χ1v) is 8.94. The van der Waals surface area contributed by atoms with Crippen molar-refractivity contribution in [3.05, 3.63) is 52.6 Å². The Balaban J connectivity index is 1.90. The number of nitrogens with zero attached hydrogens (tertiary/aromatic N) is 1. The second-order valence-electron chi connectivity index (χ2n) is 5.41. The zero-order valence-electron chi connectivity index (χ0n) is 13.7. The Kier molecular flexibility index (Phi) is 5.30. The number of aromatic amines is 1. The van der Waals surface area contributed by atoms with Gasteiger partial charge in [-0.3, -0.25) is 4.79 Å². The molecule has 0 saturated heterocycles. The van der Waals surface area contributed by atoms with Crippen LogP contribution in [0, 0.1) is 12.7 Å².